The third-order valence-electron chi connectivity index (χ3n) is 6.05. The number of primary amides is 1. The molecule has 2 amide bonds. The zero-order valence-corrected chi connectivity index (χ0v) is 20.1. The fraction of sp³-hybridized carbons (Fsp3) is 0.240. The van der Waals surface area contributed by atoms with Crippen LogP contribution in [0.1, 0.15) is 23.2 Å². The minimum absolute atomic E-state index is 0.0854. The molecule has 182 valence electrons. The van der Waals surface area contributed by atoms with Gasteiger partial charge in [0.2, 0.25) is 5.91 Å². The Morgan fingerprint density at radius 2 is 1.77 bits per heavy atom. The molecule has 0 radical (unpaired) electrons. The van der Waals surface area contributed by atoms with Crippen molar-refractivity contribution < 1.29 is 18.0 Å². The van der Waals surface area contributed by atoms with Gasteiger partial charge in [-0.2, -0.15) is 0 Å². The lowest BCUT2D eigenvalue weighted by Gasteiger charge is -2.32. The highest BCUT2D eigenvalue weighted by molar-refractivity contribution is 7.92. The summed E-state index contributed by atoms with van der Waals surface area (Å²) in [6.45, 7) is 1.32. The SMILES string of the molecule is CN(c1ccccc1)S(=O)(=O)c1ccc(C(=O)Nc2ccc(N3CCCC(C(N)=O)C3)nc2)cc1. The van der Waals surface area contributed by atoms with Crippen molar-refractivity contribution >= 4 is 39.0 Å². The van der Waals surface area contributed by atoms with Crippen molar-refractivity contribution in [2.75, 3.05) is 34.7 Å². The van der Waals surface area contributed by atoms with E-state index in [1.54, 1.807) is 42.6 Å². The maximum absolute atomic E-state index is 12.9. The van der Waals surface area contributed by atoms with Crippen LogP contribution in [0, 0.1) is 5.92 Å². The summed E-state index contributed by atoms with van der Waals surface area (Å²) in [6.07, 6.45) is 3.19. The van der Waals surface area contributed by atoms with Crippen molar-refractivity contribution in [2.45, 2.75) is 17.7 Å². The lowest BCUT2D eigenvalue weighted by atomic mass is 9.97. The van der Waals surface area contributed by atoms with E-state index in [0.717, 1.165) is 19.4 Å². The fourth-order valence-electron chi connectivity index (χ4n) is 3.98. The van der Waals surface area contributed by atoms with Crippen molar-refractivity contribution in [3.05, 3.63) is 78.5 Å². The molecule has 1 aliphatic rings. The van der Waals surface area contributed by atoms with Crippen LogP contribution < -0.4 is 20.3 Å². The summed E-state index contributed by atoms with van der Waals surface area (Å²) >= 11 is 0. The number of anilines is 3. The number of nitrogens with two attached hydrogens (primary N) is 1. The third-order valence-corrected chi connectivity index (χ3v) is 7.85. The molecule has 1 aromatic heterocycles. The van der Waals surface area contributed by atoms with Crippen LogP contribution >= 0.6 is 0 Å². The molecule has 10 heteroatoms. The Morgan fingerprint density at radius 3 is 2.40 bits per heavy atom. The number of hydrogen-bond donors (Lipinski definition) is 2. The lowest BCUT2D eigenvalue weighted by Crippen LogP contribution is -2.41. The van der Waals surface area contributed by atoms with E-state index in [-0.39, 0.29) is 22.6 Å². The highest BCUT2D eigenvalue weighted by atomic mass is 32.2. The Balaban J connectivity index is 1.41. The maximum atomic E-state index is 12.9. The summed E-state index contributed by atoms with van der Waals surface area (Å²) in [7, 11) is -2.27. The molecule has 0 spiro atoms. The largest absolute Gasteiger partial charge is 0.369 e. The molecule has 1 aliphatic heterocycles. The van der Waals surface area contributed by atoms with Gasteiger partial charge in [-0.25, -0.2) is 13.4 Å². The van der Waals surface area contributed by atoms with Gasteiger partial charge in [0.1, 0.15) is 5.82 Å². The first kappa shape index (κ1) is 24.2. The minimum Gasteiger partial charge on any atom is -0.369 e. The smallest absolute Gasteiger partial charge is 0.264 e. The van der Waals surface area contributed by atoms with Crippen LogP contribution in [0.5, 0.6) is 0 Å². The van der Waals surface area contributed by atoms with Crippen LogP contribution in [0.3, 0.4) is 0 Å². The van der Waals surface area contributed by atoms with Crippen LogP contribution in [-0.2, 0) is 14.8 Å². The molecule has 0 saturated carbocycles. The number of hydrogen-bond acceptors (Lipinski definition) is 6. The number of pyridine rings is 1. The fourth-order valence-corrected chi connectivity index (χ4v) is 5.18. The molecule has 9 nitrogen and oxygen atoms in total. The van der Waals surface area contributed by atoms with Crippen molar-refractivity contribution in [3.63, 3.8) is 0 Å². The summed E-state index contributed by atoms with van der Waals surface area (Å²) in [4.78, 5) is 30.7. The van der Waals surface area contributed by atoms with E-state index in [0.29, 0.717) is 29.3 Å². The molecule has 0 bridgehead atoms. The Bertz CT molecular complexity index is 1300. The number of carbonyl (C=O) groups is 2. The Labute approximate surface area is 204 Å². The molecule has 1 saturated heterocycles. The van der Waals surface area contributed by atoms with Crippen molar-refractivity contribution in [1.82, 2.24) is 4.98 Å². The van der Waals surface area contributed by atoms with Gasteiger partial charge in [-0.15, -0.1) is 0 Å². The maximum Gasteiger partial charge on any atom is 0.264 e. The zero-order valence-electron chi connectivity index (χ0n) is 19.3. The predicted molar refractivity (Wildman–Crippen MR) is 135 cm³/mol. The van der Waals surface area contributed by atoms with E-state index in [1.807, 2.05) is 11.0 Å². The highest BCUT2D eigenvalue weighted by Crippen LogP contribution is 2.24. The minimum atomic E-state index is -3.76. The van der Waals surface area contributed by atoms with E-state index >= 15 is 0 Å². The highest BCUT2D eigenvalue weighted by Gasteiger charge is 2.25. The van der Waals surface area contributed by atoms with E-state index < -0.39 is 10.0 Å². The summed E-state index contributed by atoms with van der Waals surface area (Å²) in [5.41, 5.74) is 6.81. The summed E-state index contributed by atoms with van der Waals surface area (Å²) in [5.74, 6) is -0.161. The third kappa shape index (κ3) is 5.43. The molecule has 4 rings (SSSR count). The van der Waals surface area contributed by atoms with Gasteiger partial charge in [-0.3, -0.25) is 13.9 Å². The number of nitrogens with one attached hydrogen (secondary N) is 1. The molecule has 35 heavy (non-hydrogen) atoms. The number of benzene rings is 2. The second-order valence-corrected chi connectivity index (χ2v) is 10.3. The Kier molecular flexibility index (Phi) is 7.02. The molecule has 2 heterocycles. The molecule has 2 aromatic carbocycles. The average molecular weight is 494 g/mol. The van der Waals surface area contributed by atoms with Crippen LogP contribution in [0.2, 0.25) is 0 Å². The van der Waals surface area contributed by atoms with Gasteiger partial charge in [0.05, 0.1) is 28.4 Å². The number of sulfonamides is 1. The number of amides is 2. The number of aromatic nitrogens is 1. The molecule has 1 atom stereocenters. The van der Waals surface area contributed by atoms with Crippen molar-refractivity contribution in [2.24, 2.45) is 11.7 Å². The lowest BCUT2D eigenvalue weighted by molar-refractivity contribution is -0.122. The predicted octanol–water partition coefficient (Wildman–Crippen LogP) is 2.86. The van der Waals surface area contributed by atoms with E-state index in [2.05, 4.69) is 10.3 Å². The van der Waals surface area contributed by atoms with E-state index in [4.69, 9.17) is 5.73 Å². The van der Waals surface area contributed by atoms with Crippen LogP contribution in [-0.4, -0.2) is 45.4 Å². The molecule has 3 aromatic rings. The van der Waals surface area contributed by atoms with E-state index in [9.17, 15) is 18.0 Å². The first-order valence-corrected chi connectivity index (χ1v) is 12.7. The Hall–Kier alpha value is -3.92. The van der Waals surface area contributed by atoms with Gasteiger partial charge in [-0.05, 0) is 61.4 Å². The molecular formula is C25H27N5O4S. The second kappa shape index (κ2) is 10.1. The van der Waals surface area contributed by atoms with Gasteiger partial charge >= 0.3 is 0 Å². The van der Waals surface area contributed by atoms with Gasteiger partial charge in [0.25, 0.3) is 15.9 Å². The first-order valence-electron chi connectivity index (χ1n) is 11.2. The average Bonchev–Trinajstić information content (AvgIpc) is 2.89. The monoisotopic (exact) mass is 493 g/mol. The van der Waals surface area contributed by atoms with Gasteiger partial charge in [0, 0.05) is 25.7 Å². The topological polar surface area (TPSA) is 126 Å². The number of nitrogens with zero attached hydrogens (tertiary/aromatic N) is 3. The van der Waals surface area contributed by atoms with Crippen molar-refractivity contribution in [3.8, 4) is 0 Å². The Morgan fingerprint density at radius 1 is 1.06 bits per heavy atom. The summed E-state index contributed by atoms with van der Waals surface area (Å²) < 4.78 is 27.0. The van der Waals surface area contributed by atoms with Crippen LogP contribution in [0.25, 0.3) is 0 Å². The van der Waals surface area contributed by atoms with Crippen LogP contribution in [0.4, 0.5) is 17.2 Å². The summed E-state index contributed by atoms with van der Waals surface area (Å²) in [5, 5.41) is 2.77. The molecule has 3 N–H and O–H groups in total. The number of para-hydroxylation sites is 1. The quantitative estimate of drug-likeness (QED) is 0.521. The van der Waals surface area contributed by atoms with Gasteiger partial charge < -0.3 is 16.0 Å². The van der Waals surface area contributed by atoms with Crippen molar-refractivity contribution in [1.29, 1.82) is 0 Å². The van der Waals surface area contributed by atoms with Crippen LogP contribution in [0.15, 0.2) is 77.8 Å². The number of carbonyl (C=O) groups excluding carboxylic acids is 2. The molecule has 0 aliphatic carbocycles. The molecule has 1 fully saturated rings. The number of rotatable bonds is 7. The second-order valence-electron chi connectivity index (χ2n) is 8.38. The standard InChI is InChI=1S/C25H27N5O4S/c1-29(21-7-3-2-4-8-21)35(33,34)22-12-9-18(10-13-22)25(32)28-20-11-14-23(27-16-20)30-15-5-6-19(17-30)24(26)31/h2-4,7-14,16,19H,5-6,15,17H2,1H3,(H2,26,31)(H,28,32). The molecular weight excluding hydrogens is 466 g/mol. The zero-order chi connectivity index (χ0) is 25.0. The van der Waals surface area contributed by atoms with Gasteiger partial charge in [-0.1, -0.05) is 18.2 Å². The normalized spacial score (nSPS) is 15.9. The number of piperidine rings is 1. The summed E-state index contributed by atoms with van der Waals surface area (Å²) in [6, 6.07) is 18.1. The van der Waals surface area contributed by atoms with Gasteiger partial charge in [0.15, 0.2) is 0 Å². The first-order chi connectivity index (χ1) is 16.8. The molecule has 1 unspecified atom stereocenters. The van der Waals surface area contributed by atoms with E-state index in [1.165, 1.54) is 35.6 Å².